The van der Waals surface area contributed by atoms with Crippen LogP contribution in [0.15, 0.2) is 0 Å². The average molecular weight is 258 g/mol. The summed E-state index contributed by atoms with van der Waals surface area (Å²) in [4.78, 5) is 23.7. The zero-order valence-electron chi connectivity index (χ0n) is 11.6. The first-order chi connectivity index (χ1) is 8.52. The van der Waals surface area contributed by atoms with E-state index in [1.807, 2.05) is 19.0 Å². The SMILES string of the molecule is CN(C)CCNC(=O)CCCCCCCC(=O)O. The van der Waals surface area contributed by atoms with Gasteiger partial charge >= 0.3 is 5.97 Å². The van der Waals surface area contributed by atoms with Crippen LogP contribution in [0.3, 0.4) is 0 Å². The van der Waals surface area contributed by atoms with Gasteiger partial charge < -0.3 is 15.3 Å². The molecular formula is C13H26N2O3. The Labute approximate surface area is 110 Å². The lowest BCUT2D eigenvalue weighted by Gasteiger charge is -2.10. The zero-order valence-corrected chi connectivity index (χ0v) is 11.6. The van der Waals surface area contributed by atoms with Gasteiger partial charge in [-0.1, -0.05) is 19.3 Å². The van der Waals surface area contributed by atoms with E-state index >= 15 is 0 Å². The molecule has 0 rings (SSSR count). The predicted molar refractivity (Wildman–Crippen MR) is 71.5 cm³/mol. The molecule has 106 valence electrons. The third kappa shape index (κ3) is 13.0. The Morgan fingerprint density at radius 1 is 1.00 bits per heavy atom. The lowest BCUT2D eigenvalue weighted by Crippen LogP contribution is -2.31. The van der Waals surface area contributed by atoms with Crippen LogP contribution in [-0.4, -0.2) is 49.1 Å². The summed E-state index contributed by atoms with van der Waals surface area (Å²) >= 11 is 0. The van der Waals surface area contributed by atoms with Crippen LogP contribution in [0.25, 0.3) is 0 Å². The van der Waals surface area contributed by atoms with Gasteiger partial charge in [-0.05, 0) is 26.9 Å². The van der Waals surface area contributed by atoms with Crippen molar-refractivity contribution >= 4 is 11.9 Å². The molecule has 0 bridgehead atoms. The second-order valence-electron chi connectivity index (χ2n) is 4.81. The Morgan fingerprint density at radius 3 is 2.11 bits per heavy atom. The number of carbonyl (C=O) groups excluding carboxylic acids is 1. The molecule has 0 aromatic heterocycles. The maximum absolute atomic E-state index is 11.4. The molecule has 0 radical (unpaired) electrons. The van der Waals surface area contributed by atoms with Crippen LogP contribution in [0.2, 0.25) is 0 Å². The van der Waals surface area contributed by atoms with Gasteiger partial charge in [0, 0.05) is 25.9 Å². The van der Waals surface area contributed by atoms with Crippen molar-refractivity contribution in [1.82, 2.24) is 10.2 Å². The predicted octanol–water partition coefficient (Wildman–Crippen LogP) is 1.48. The summed E-state index contributed by atoms with van der Waals surface area (Å²) in [6.45, 7) is 1.56. The van der Waals surface area contributed by atoms with Gasteiger partial charge in [0.05, 0.1) is 0 Å². The maximum Gasteiger partial charge on any atom is 0.303 e. The molecule has 1 amide bonds. The summed E-state index contributed by atoms with van der Waals surface area (Å²) in [7, 11) is 3.95. The molecule has 0 aromatic rings. The molecule has 0 aliphatic rings. The molecule has 0 saturated carbocycles. The number of nitrogens with zero attached hydrogens (tertiary/aromatic N) is 1. The summed E-state index contributed by atoms with van der Waals surface area (Å²) in [5.41, 5.74) is 0. The summed E-state index contributed by atoms with van der Waals surface area (Å²) in [6.07, 6.45) is 5.41. The number of nitrogens with one attached hydrogen (secondary N) is 1. The van der Waals surface area contributed by atoms with Gasteiger partial charge in [0.1, 0.15) is 0 Å². The van der Waals surface area contributed by atoms with Gasteiger partial charge in [-0.25, -0.2) is 0 Å². The second kappa shape index (κ2) is 11.0. The Morgan fingerprint density at radius 2 is 1.56 bits per heavy atom. The van der Waals surface area contributed by atoms with Gasteiger partial charge in [0.2, 0.25) is 5.91 Å². The summed E-state index contributed by atoms with van der Waals surface area (Å²) in [6, 6.07) is 0. The van der Waals surface area contributed by atoms with Crippen molar-refractivity contribution < 1.29 is 14.7 Å². The topological polar surface area (TPSA) is 69.6 Å². The third-order valence-electron chi connectivity index (χ3n) is 2.68. The number of carboxylic acids is 1. The molecule has 18 heavy (non-hydrogen) atoms. The highest BCUT2D eigenvalue weighted by Gasteiger charge is 2.01. The monoisotopic (exact) mass is 258 g/mol. The van der Waals surface area contributed by atoms with Crippen molar-refractivity contribution in [2.24, 2.45) is 0 Å². The smallest absolute Gasteiger partial charge is 0.303 e. The van der Waals surface area contributed by atoms with E-state index in [0.29, 0.717) is 13.0 Å². The van der Waals surface area contributed by atoms with Gasteiger partial charge in [0.25, 0.3) is 0 Å². The van der Waals surface area contributed by atoms with E-state index < -0.39 is 5.97 Å². The van der Waals surface area contributed by atoms with Crippen molar-refractivity contribution in [3.63, 3.8) is 0 Å². The average Bonchev–Trinajstić information content (AvgIpc) is 2.26. The highest BCUT2D eigenvalue weighted by atomic mass is 16.4. The molecule has 0 aliphatic heterocycles. The van der Waals surface area contributed by atoms with Crippen molar-refractivity contribution in [2.75, 3.05) is 27.2 Å². The van der Waals surface area contributed by atoms with Crippen molar-refractivity contribution in [3.05, 3.63) is 0 Å². The molecule has 0 aromatic carbocycles. The fourth-order valence-corrected chi connectivity index (χ4v) is 1.60. The molecule has 0 spiro atoms. The number of rotatable bonds is 11. The summed E-state index contributed by atoms with van der Waals surface area (Å²) in [5.74, 6) is -0.613. The van der Waals surface area contributed by atoms with Crippen LogP contribution < -0.4 is 5.32 Å². The Hall–Kier alpha value is -1.10. The van der Waals surface area contributed by atoms with Gasteiger partial charge in [-0.2, -0.15) is 0 Å². The zero-order chi connectivity index (χ0) is 13.8. The van der Waals surface area contributed by atoms with Gasteiger partial charge in [-0.3, -0.25) is 9.59 Å². The Bertz CT molecular complexity index is 242. The third-order valence-corrected chi connectivity index (χ3v) is 2.68. The molecular weight excluding hydrogens is 232 g/mol. The highest BCUT2D eigenvalue weighted by Crippen LogP contribution is 2.07. The van der Waals surface area contributed by atoms with Gasteiger partial charge in [0.15, 0.2) is 0 Å². The number of carboxylic acid groups (broad SMARTS) is 1. The number of likely N-dealkylation sites (N-methyl/N-ethyl adjacent to an activating group) is 1. The lowest BCUT2D eigenvalue weighted by atomic mass is 10.1. The maximum atomic E-state index is 11.4. The molecule has 5 heteroatoms. The minimum Gasteiger partial charge on any atom is -0.481 e. The van der Waals surface area contributed by atoms with Crippen LogP contribution in [-0.2, 0) is 9.59 Å². The largest absolute Gasteiger partial charge is 0.481 e. The molecule has 5 nitrogen and oxygen atoms in total. The Kier molecular flexibility index (Phi) is 10.3. The number of hydrogen-bond donors (Lipinski definition) is 2. The molecule has 0 unspecified atom stereocenters. The van der Waals surface area contributed by atoms with E-state index in [9.17, 15) is 9.59 Å². The van der Waals surface area contributed by atoms with E-state index in [4.69, 9.17) is 5.11 Å². The van der Waals surface area contributed by atoms with E-state index in [1.54, 1.807) is 0 Å². The minimum atomic E-state index is -0.727. The van der Waals surface area contributed by atoms with Crippen LogP contribution in [0, 0.1) is 0 Å². The van der Waals surface area contributed by atoms with Crippen molar-refractivity contribution in [3.8, 4) is 0 Å². The van der Waals surface area contributed by atoms with E-state index in [1.165, 1.54) is 0 Å². The first kappa shape index (κ1) is 16.9. The van der Waals surface area contributed by atoms with Crippen molar-refractivity contribution in [1.29, 1.82) is 0 Å². The minimum absolute atomic E-state index is 0.113. The fourth-order valence-electron chi connectivity index (χ4n) is 1.60. The molecule has 0 atom stereocenters. The van der Waals surface area contributed by atoms with E-state index in [0.717, 1.165) is 38.6 Å². The first-order valence-corrected chi connectivity index (χ1v) is 6.65. The Balaban J connectivity index is 3.22. The highest BCUT2D eigenvalue weighted by molar-refractivity contribution is 5.75. The molecule has 0 saturated heterocycles. The van der Waals surface area contributed by atoms with Crippen LogP contribution in [0.4, 0.5) is 0 Å². The summed E-state index contributed by atoms with van der Waals surface area (Å²) in [5, 5.41) is 11.3. The first-order valence-electron chi connectivity index (χ1n) is 6.65. The standard InChI is InChI=1S/C13H26N2O3/c1-15(2)11-10-14-12(16)8-6-4-3-5-7-9-13(17)18/h3-11H2,1-2H3,(H,14,16)(H,17,18). The quantitative estimate of drug-likeness (QED) is 0.551. The van der Waals surface area contributed by atoms with Crippen LogP contribution in [0.5, 0.6) is 0 Å². The molecule has 0 heterocycles. The second-order valence-corrected chi connectivity index (χ2v) is 4.81. The number of aliphatic carboxylic acids is 1. The lowest BCUT2D eigenvalue weighted by molar-refractivity contribution is -0.137. The van der Waals surface area contributed by atoms with Crippen molar-refractivity contribution in [2.45, 2.75) is 44.9 Å². The molecule has 0 aliphatic carbocycles. The molecule has 0 fully saturated rings. The normalized spacial score (nSPS) is 10.6. The fraction of sp³-hybridized carbons (Fsp3) is 0.846. The van der Waals surface area contributed by atoms with Crippen LogP contribution in [0.1, 0.15) is 44.9 Å². The molecule has 2 N–H and O–H groups in total. The van der Waals surface area contributed by atoms with Crippen LogP contribution >= 0.6 is 0 Å². The van der Waals surface area contributed by atoms with E-state index in [2.05, 4.69) is 5.32 Å². The number of carbonyl (C=O) groups is 2. The number of unbranched alkanes of at least 4 members (excludes halogenated alkanes) is 4. The summed E-state index contributed by atoms with van der Waals surface area (Å²) < 4.78 is 0. The number of hydrogen-bond acceptors (Lipinski definition) is 3. The number of amides is 1. The van der Waals surface area contributed by atoms with E-state index in [-0.39, 0.29) is 12.3 Å². The van der Waals surface area contributed by atoms with Gasteiger partial charge in [-0.15, -0.1) is 0 Å².